The number of sulfone groups is 1. The summed E-state index contributed by atoms with van der Waals surface area (Å²) in [6, 6.07) is 0. The summed E-state index contributed by atoms with van der Waals surface area (Å²) in [5.74, 6) is -1.25. The standard InChI is InChI=1S/C9H16O5S/c1-14-9(11)7-2-4-8(5-3-7)15(12,13)6-10/h7-8,10H,2-6H2,1H3/t7-,8+. The number of hydrogen-bond acceptors (Lipinski definition) is 5. The first-order chi connectivity index (χ1) is 7.01. The molecule has 0 unspecified atom stereocenters. The largest absolute Gasteiger partial charge is 0.469 e. The maximum Gasteiger partial charge on any atom is 0.308 e. The van der Waals surface area contributed by atoms with Crippen molar-refractivity contribution in [2.45, 2.75) is 30.9 Å². The van der Waals surface area contributed by atoms with Gasteiger partial charge in [0.05, 0.1) is 18.3 Å². The van der Waals surface area contributed by atoms with Gasteiger partial charge in [-0.05, 0) is 25.7 Å². The second kappa shape index (κ2) is 4.94. The molecule has 0 aliphatic heterocycles. The van der Waals surface area contributed by atoms with Crippen LogP contribution in [-0.2, 0) is 19.4 Å². The highest BCUT2D eigenvalue weighted by molar-refractivity contribution is 7.91. The van der Waals surface area contributed by atoms with Crippen LogP contribution in [0, 0.1) is 5.92 Å². The fraction of sp³-hybridized carbons (Fsp3) is 0.889. The third kappa shape index (κ3) is 2.92. The molecule has 0 spiro atoms. The molecule has 0 saturated heterocycles. The number of carbonyl (C=O) groups excluding carboxylic acids is 1. The van der Waals surface area contributed by atoms with Crippen molar-refractivity contribution in [1.29, 1.82) is 0 Å². The summed E-state index contributed by atoms with van der Waals surface area (Å²) in [5.41, 5.74) is 0. The van der Waals surface area contributed by atoms with Crippen LogP contribution < -0.4 is 0 Å². The molecule has 0 aromatic heterocycles. The molecule has 1 saturated carbocycles. The van der Waals surface area contributed by atoms with Crippen molar-refractivity contribution in [3.8, 4) is 0 Å². The van der Waals surface area contributed by atoms with E-state index in [-0.39, 0.29) is 11.9 Å². The van der Waals surface area contributed by atoms with Gasteiger partial charge in [0.25, 0.3) is 0 Å². The van der Waals surface area contributed by atoms with Crippen molar-refractivity contribution < 1.29 is 23.1 Å². The molecule has 1 aliphatic rings. The fourth-order valence-corrected chi connectivity index (χ4v) is 3.13. The van der Waals surface area contributed by atoms with E-state index >= 15 is 0 Å². The van der Waals surface area contributed by atoms with Gasteiger partial charge in [-0.1, -0.05) is 0 Å². The lowest BCUT2D eigenvalue weighted by Crippen LogP contribution is -2.31. The zero-order chi connectivity index (χ0) is 11.5. The first kappa shape index (κ1) is 12.4. The van der Waals surface area contributed by atoms with Gasteiger partial charge in [-0.2, -0.15) is 0 Å². The number of hydrogen-bond donors (Lipinski definition) is 1. The van der Waals surface area contributed by atoms with Crippen molar-refractivity contribution >= 4 is 15.8 Å². The first-order valence-electron chi connectivity index (χ1n) is 4.91. The fourth-order valence-electron chi connectivity index (χ4n) is 1.93. The highest BCUT2D eigenvalue weighted by Crippen LogP contribution is 2.29. The number of ether oxygens (including phenoxy) is 1. The van der Waals surface area contributed by atoms with E-state index in [9.17, 15) is 13.2 Å². The number of carbonyl (C=O) groups is 1. The van der Waals surface area contributed by atoms with Crippen LogP contribution in [0.2, 0.25) is 0 Å². The summed E-state index contributed by atoms with van der Waals surface area (Å²) in [6.07, 6.45) is 1.92. The molecule has 0 amide bonds. The lowest BCUT2D eigenvalue weighted by atomic mass is 9.89. The van der Waals surface area contributed by atoms with Crippen LogP contribution in [0.25, 0.3) is 0 Å². The van der Waals surface area contributed by atoms with Gasteiger partial charge in [0, 0.05) is 0 Å². The zero-order valence-electron chi connectivity index (χ0n) is 8.68. The van der Waals surface area contributed by atoms with Gasteiger partial charge in [0.2, 0.25) is 0 Å². The summed E-state index contributed by atoms with van der Waals surface area (Å²) in [4.78, 5) is 11.2. The van der Waals surface area contributed by atoms with Crippen LogP contribution >= 0.6 is 0 Å². The third-order valence-electron chi connectivity index (χ3n) is 2.90. The lowest BCUT2D eigenvalue weighted by molar-refractivity contribution is -0.146. The SMILES string of the molecule is COC(=O)[C@H]1CC[C@@H](S(=O)(=O)CO)CC1. The molecular formula is C9H16O5S. The first-order valence-corrected chi connectivity index (χ1v) is 6.63. The Morgan fingerprint density at radius 2 is 1.87 bits per heavy atom. The van der Waals surface area contributed by atoms with Crippen LogP contribution in [0.1, 0.15) is 25.7 Å². The minimum absolute atomic E-state index is 0.180. The molecule has 0 radical (unpaired) electrons. The molecule has 0 atom stereocenters. The Balaban J connectivity index is 2.53. The quantitative estimate of drug-likeness (QED) is 0.702. The maximum atomic E-state index is 11.3. The molecule has 6 heteroatoms. The Morgan fingerprint density at radius 1 is 1.33 bits per heavy atom. The Labute approximate surface area is 89.3 Å². The van der Waals surface area contributed by atoms with Gasteiger partial charge in [-0.3, -0.25) is 4.79 Å². The normalized spacial score (nSPS) is 27.3. The van der Waals surface area contributed by atoms with Crippen LogP contribution in [0.4, 0.5) is 0 Å². The minimum atomic E-state index is -3.37. The highest BCUT2D eigenvalue weighted by Gasteiger charge is 2.33. The molecule has 0 aromatic rings. The molecule has 1 aliphatic carbocycles. The Kier molecular flexibility index (Phi) is 4.10. The summed E-state index contributed by atoms with van der Waals surface area (Å²) < 4.78 is 27.3. The third-order valence-corrected chi connectivity index (χ3v) is 4.74. The number of aliphatic hydroxyl groups is 1. The monoisotopic (exact) mass is 236 g/mol. The van der Waals surface area contributed by atoms with Crippen molar-refractivity contribution in [3.63, 3.8) is 0 Å². The van der Waals surface area contributed by atoms with E-state index in [1.807, 2.05) is 0 Å². The number of methoxy groups -OCH3 is 1. The van der Waals surface area contributed by atoms with Crippen molar-refractivity contribution in [2.75, 3.05) is 13.0 Å². The molecule has 1 fully saturated rings. The second-order valence-electron chi connectivity index (χ2n) is 3.79. The molecule has 88 valence electrons. The molecule has 1 rings (SSSR count). The van der Waals surface area contributed by atoms with Crippen molar-refractivity contribution in [3.05, 3.63) is 0 Å². The van der Waals surface area contributed by atoms with Crippen LogP contribution in [0.15, 0.2) is 0 Å². The van der Waals surface area contributed by atoms with Gasteiger partial charge in [0.1, 0.15) is 5.94 Å². The van der Waals surface area contributed by atoms with E-state index in [4.69, 9.17) is 5.11 Å². The predicted molar refractivity (Wildman–Crippen MR) is 53.8 cm³/mol. The predicted octanol–water partition coefficient (Wildman–Crippen LogP) is 0.0828. The van der Waals surface area contributed by atoms with Crippen LogP contribution in [0.5, 0.6) is 0 Å². The molecule has 15 heavy (non-hydrogen) atoms. The highest BCUT2D eigenvalue weighted by atomic mass is 32.2. The van der Waals surface area contributed by atoms with Crippen molar-refractivity contribution in [1.82, 2.24) is 0 Å². The lowest BCUT2D eigenvalue weighted by Gasteiger charge is -2.25. The maximum absolute atomic E-state index is 11.3. The number of rotatable bonds is 3. The van der Waals surface area contributed by atoms with Crippen molar-refractivity contribution in [2.24, 2.45) is 5.92 Å². The zero-order valence-corrected chi connectivity index (χ0v) is 9.50. The van der Waals surface area contributed by atoms with E-state index in [1.54, 1.807) is 0 Å². The van der Waals surface area contributed by atoms with E-state index in [0.29, 0.717) is 25.7 Å². The topological polar surface area (TPSA) is 80.7 Å². The van der Waals surface area contributed by atoms with E-state index < -0.39 is 21.0 Å². The molecule has 1 N–H and O–H groups in total. The van der Waals surface area contributed by atoms with Gasteiger partial charge in [-0.15, -0.1) is 0 Å². The molecule has 0 aromatic carbocycles. The van der Waals surface area contributed by atoms with E-state index in [0.717, 1.165) is 0 Å². The van der Waals surface area contributed by atoms with E-state index in [2.05, 4.69) is 4.74 Å². The van der Waals surface area contributed by atoms with Gasteiger partial charge >= 0.3 is 5.97 Å². The molecular weight excluding hydrogens is 220 g/mol. The molecule has 0 bridgehead atoms. The molecule has 5 nitrogen and oxygen atoms in total. The van der Waals surface area contributed by atoms with Crippen LogP contribution in [-0.4, -0.2) is 37.8 Å². The van der Waals surface area contributed by atoms with Gasteiger partial charge in [-0.25, -0.2) is 8.42 Å². The average Bonchev–Trinajstić information content (AvgIpc) is 2.28. The summed E-state index contributed by atoms with van der Waals surface area (Å²) in [6.45, 7) is 0. The summed E-state index contributed by atoms with van der Waals surface area (Å²) >= 11 is 0. The Hall–Kier alpha value is -0.620. The van der Waals surface area contributed by atoms with Gasteiger partial charge < -0.3 is 9.84 Å². The Morgan fingerprint density at radius 3 is 2.27 bits per heavy atom. The minimum Gasteiger partial charge on any atom is -0.469 e. The summed E-state index contributed by atoms with van der Waals surface area (Å²) in [5, 5.41) is 8.19. The number of esters is 1. The van der Waals surface area contributed by atoms with Crippen LogP contribution in [0.3, 0.4) is 0 Å². The smallest absolute Gasteiger partial charge is 0.308 e. The Bertz CT molecular complexity index is 313. The molecule has 0 heterocycles. The van der Waals surface area contributed by atoms with Gasteiger partial charge in [0.15, 0.2) is 9.84 Å². The average molecular weight is 236 g/mol. The summed E-state index contributed by atoms with van der Waals surface area (Å²) in [7, 11) is -2.04. The van der Waals surface area contributed by atoms with E-state index in [1.165, 1.54) is 7.11 Å². The second-order valence-corrected chi connectivity index (χ2v) is 6.04. The number of aliphatic hydroxyl groups excluding tert-OH is 1.